The third-order valence-electron chi connectivity index (χ3n) is 4.29. The number of aryl methyl sites for hydroxylation is 2. The van der Waals surface area contributed by atoms with Gasteiger partial charge in [-0.3, -0.25) is 9.36 Å². The van der Waals surface area contributed by atoms with Crippen LogP contribution in [-0.2, 0) is 16.0 Å². The molecule has 0 fully saturated rings. The number of nitrogens with one attached hydrogen (secondary N) is 1. The standard InChI is InChI=1S/C20H24N4O3S3/c1-6-14-8-13(9-28-14)17-22-23-20(24(17)11(2)3)29-10-16(25)21-18-15(19(26)27-5)7-12(4)30-18/h7-9,11H,6,10H2,1-5H3,(H,21,25). The van der Waals surface area contributed by atoms with Crippen molar-refractivity contribution in [1.29, 1.82) is 0 Å². The molecule has 0 spiro atoms. The number of methoxy groups -OCH3 is 1. The number of thioether (sulfide) groups is 1. The van der Waals surface area contributed by atoms with Crippen molar-refractivity contribution in [3.63, 3.8) is 0 Å². The number of thiophene rings is 2. The summed E-state index contributed by atoms with van der Waals surface area (Å²) in [5.41, 5.74) is 1.42. The first kappa shape index (κ1) is 22.5. The van der Waals surface area contributed by atoms with Crippen molar-refractivity contribution >= 4 is 51.3 Å². The van der Waals surface area contributed by atoms with E-state index in [0.717, 1.165) is 22.7 Å². The number of rotatable bonds is 8. The van der Waals surface area contributed by atoms with E-state index in [1.165, 1.54) is 35.1 Å². The Balaban J connectivity index is 1.73. The molecule has 30 heavy (non-hydrogen) atoms. The van der Waals surface area contributed by atoms with Crippen LogP contribution in [0.15, 0.2) is 22.7 Å². The van der Waals surface area contributed by atoms with Crippen molar-refractivity contribution in [3.8, 4) is 11.4 Å². The zero-order chi connectivity index (χ0) is 21.8. The van der Waals surface area contributed by atoms with Gasteiger partial charge >= 0.3 is 5.97 Å². The van der Waals surface area contributed by atoms with E-state index in [9.17, 15) is 9.59 Å². The zero-order valence-electron chi connectivity index (χ0n) is 17.5. The Kier molecular flexibility index (Phi) is 7.32. The van der Waals surface area contributed by atoms with Crippen LogP contribution in [0.25, 0.3) is 11.4 Å². The van der Waals surface area contributed by atoms with E-state index in [2.05, 4.69) is 52.3 Å². The molecule has 7 nitrogen and oxygen atoms in total. The molecule has 0 aromatic carbocycles. The number of hydrogen-bond acceptors (Lipinski definition) is 8. The Morgan fingerprint density at radius 1 is 1.30 bits per heavy atom. The molecular weight excluding hydrogens is 440 g/mol. The predicted octanol–water partition coefficient (Wildman–Crippen LogP) is 5.04. The lowest BCUT2D eigenvalue weighted by Gasteiger charge is -2.13. The Morgan fingerprint density at radius 3 is 2.70 bits per heavy atom. The molecule has 0 saturated heterocycles. The number of esters is 1. The van der Waals surface area contributed by atoms with Gasteiger partial charge in [0.25, 0.3) is 0 Å². The SMILES string of the molecule is CCc1cc(-c2nnc(SCC(=O)Nc3sc(C)cc3C(=O)OC)n2C(C)C)cs1. The number of aromatic nitrogens is 3. The fourth-order valence-electron chi connectivity index (χ4n) is 2.88. The van der Waals surface area contributed by atoms with Crippen LogP contribution < -0.4 is 5.32 Å². The molecule has 0 aliphatic carbocycles. The van der Waals surface area contributed by atoms with E-state index < -0.39 is 5.97 Å². The number of hydrogen-bond donors (Lipinski definition) is 1. The maximum Gasteiger partial charge on any atom is 0.340 e. The average molecular weight is 465 g/mol. The lowest BCUT2D eigenvalue weighted by Crippen LogP contribution is -2.16. The molecule has 1 N–H and O–H groups in total. The molecule has 10 heteroatoms. The minimum absolute atomic E-state index is 0.149. The van der Waals surface area contributed by atoms with Gasteiger partial charge < -0.3 is 10.1 Å². The molecule has 160 valence electrons. The number of nitrogens with zero attached hydrogens (tertiary/aromatic N) is 3. The maximum atomic E-state index is 12.5. The van der Waals surface area contributed by atoms with Crippen LogP contribution in [0, 0.1) is 6.92 Å². The number of amides is 1. The minimum atomic E-state index is -0.464. The summed E-state index contributed by atoms with van der Waals surface area (Å²) in [7, 11) is 1.32. The van der Waals surface area contributed by atoms with Gasteiger partial charge in [-0.15, -0.1) is 32.9 Å². The van der Waals surface area contributed by atoms with Crippen LogP contribution in [-0.4, -0.2) is 39.5 Å². The van der Waals surface area contributed by atoms with Gasteiger partial charge in [0, 0.05) is 26.7 Å². The summed E-state index contributed by atoms with van der Waals surface area (Å²) in [6.07, 6.45) is 0.984. The third kappa shape index (κ3) is 4.93. The first-order valence-electron chi connectivity index (χ1n) is 9.48. The summed E-state index contributed by atoms with van der Waals surface area (Å²) in [5, 5.41) is 14.8. The molecule has 0 aliphatic heterocycles. The second-order valence-corrected chi connectivity index (χ2v) is 10.0. The smallest absolute Gasteiger partial charge is 0.340 e. The Hall–Kier alpha value is -2.17. The summed E-state index contributed by atoms with van der Waals surface area (Å²) < 4.78 is 6.84. The molecule has 0 aliphatic rings. The summed E-state index contributed by atoms with van der Waals surface area (Å²) in [5.74, 6) is 0.293. The molecule has 3 aromatic heterocycles. The third-order valence-corrected chi connectivity index (χ3v) is 7.28. The lowest BCUT2D eigenvalue weighted by atomic mass is 10.2. The topological polar surface area (TPSA) is 86.1 Å². The highest BCUT2D eigenvalue weighted by Crippen LogP contribution is 2.31. The number of anilines is 1. The highest BCUT2D eigenvalue weighted by Gasteiger charge is 2.20. The van der Waals surface area contributed by atoms with Gasteiger partial charge in [-0.2, -0.15) is 0 Å². The second-order valence-electron chi connectivity index (χ2n) is 6.85. The Labute approximate surface area is 187 Å². The Morgan fingerprint density at radius 2 is 2.07 bits per heavy atom. The van der Waals surface area contributed by atoms with Crippen molar-refractivity contribution in [2.45, 2.75) is 45.3 Å². The molecule has 0 saturated carbocycles. The summed E-state index contributed by atoms with van der Waals surface area (Å²) in [6.45, 7) is 8.15. The van der Waals surface area contributed by atoms with Crippen LogP contribution in [0.3, 0.4) is 0 Å². The van der Waals surface area contributed by atoms with Crippen molar-refractivity contribution in [1.82, 2.24) is 14.8 Å². The molecule has 0 radical (unpaired) electrons. The van der Waals surface area contributed by atoms with E-state index in [1.807, 2.05) is 6.92 Å². The molecular formula is C20H24N4O3S3. The van der Waals surface area contributed by atoms with Gasteiger partial charge in [-0.25, -0.2) is 4.79 Å². The van der Waals surface area contributed by atoms with E-state index in [-0.39, 0.29) is 17.7 Å². The first-order valence-corrected chi connectivity index (χ1v) is 12.2. The Bertz CT molecular complexity index is 1050. The predicted molar refractivity (Wildman–Crippen MR) is 123 cm³/mol. The first-order chi connectivity index (χ1) is 14.3. The van der Waals surface area contributed by atoms with Crippen LogP contribution >= 0.6 is 34.4 Å². The van der Waals surface area contributed by atoms with Crippen molar-refractivity contribution in [2.75, 3.05) is 18.2 Å². The lowest BCUT2D eigenvalue weighted by molar-refractivity contribution is -0.113. The number of carbonyl (C=O) groups is 2. The summed E-state index contributed by atoms with van der Waals surface area (Å²) >= 11 is 4.39. The minimum Gasteiger partial charge on any atom is -0.465 e. The fourth-order valence-corrected chi connectivity index (χ4v) is 5.48. The normalized spacial score (nSPS) is 11.1. The fraction of sp³-hybridized carbons (Fsp3) is 0.400. The average Bonchev–Trinajstić information content (AvgIpc) is 3.43. The van der Waals surface area contributed by atoms with Crippen molar-refractivity contribution in [2.24, 2.45) is 0 Å². The molecule has 0 unspecified atom stereocenters. The van der Waals surface area contributed by atoms with Gasteiger partial charge in [0.15, 0.2) is 11.0 Å². The largest absolute Gasteiger partial charge is 0.465 e. The highest BCUT2D eigenvalue weighted by molar-refractivity contribution is 7.99. The molecule has 0 atom stereocenters. The highest BCUT2D eigenvalue weighted by atomic mass is 32.2. The van der Waals surface area contributed by atoms with Gasteiger partial charge in [-0.1, -0.05) is 18.7 Å². The number of ether oxygens (including phenoxy) is 1. The second kappa shape index (κ2) is 9.76. The molecule has 0 bridgehead atoms. The quantitative estimate of drug-likeness (QED) is 0.371. The van der Waals surface area contributed by atoms with Gasteiger partial charge in [-0.05, 0) is 39.3 Å². The van der Waals surface area contributed by atoms with E-state index in [1.54, 1.807) is 17.4 Å². The van der Waals surface area contributed by atoms with Gasteiger partial charge in [0.1, 0.15) is 5.00 Å². The van der Waals surface area contributed by atoms with Crippen LogP contribution in [0.1, 0.15) is 46.9 Å². The monoisotopic (exact) mass is 464 g/mol. The maximum absolute atomic E-state index is 12.5. The van der Waals surface area contributed by atoms with Crippen LogP contribution in [0.2, 0.25) is 0 Å². The van der Waals surface area contributed by atoms with Crippen LogP contribution in [0.4, 0.5) is 5.00 Å². The molecule has 3 aromatic rings. The molecule has 1 amide bonds. The van der Waals surface area contributed by atoms with E-state index in [4.69, 9.17) is 4.74 Å². The molecule has 3 heterocycles. The van der Waals surface area contributed by atoms with E-state index in [0.29, 0.717) is 15.7 Å². The van der Waals surface area contributed by atoms with Crippen molar-refractivity contribution < 1.29 is 14.3 Å². The van der Waals surface area contributed by atoms with Crippen molar-refractivity contribution in [3.05, 3.63) is 32.8 Å². The number of carbonyl (C=O) groups excluding carboxylic acids is 2. The van der Waals surface area contributed by atoms with Gasteiger partial charge in [0.2, 0.25) is 5.91 Å². The molecule has 3 rings (SSSR count). The summed E-state index contributed by atoms with van der Waals surface area (Å²) in [4.78, 5) is 26.6. The summed E-state index contributed by atoms with van der Waals surface area (Å²) in [6, 6.07) is 4.01. The van der Waals surface area contributed by atoms with E-state index >= 15 is 0 Å². The van der Waals surface area contributed by atoms with Gasteiger partial charge in [0.05, 0.1) is 18.4 Å². The van der Waals surface area contributed by atoms with Crippen LogP contribution in [0.5, 0.6) is 0 Å². The zero-order valence-corrected chi connectivity index (χ0v) is 20.0.